The number of sulfonamides is 1. The van der Waals surface area contributed by atoms with Gasteiger partial charge in [0.2, 0.25) is 10.0 Å². The molecule has 2 N–H and O–H groups in total. The molecule has 1 aromatic carbocycles. The molecule has 1 unspecified atom stereocenters. The van der Waals surface area contributed by atoms with E-state index in [4.69, 9.17) is 10.5 Å². The van der Waals surface area contributed by atoms with Crippen molar-refractivity contribution >= 4 is 16.0 Å². The third-order valence-electron chi connectivity index (χ3n) is 4.03. The van der Waals surface area contributed by atoms with Crippen LogP contribution in [0.2, 0.25) is 0 Å². The molecular formula is C15H22N2O5S. The third kappa shape index (κ3) is 3.49. The number of ether oxygens (including phenoxy) is 2. The Morgan fingerprint density at radius 1 is 1.35 bits per heavy atom. The number of esters is 1. The molecule has 7 nitrogen and oxygen atoms in total. The molecule has 0 saturated carbocycles. The second-order valence-electron chi connectivity index (χ2n) is 5.35. The van der Waals surface area contributed by atoms with Crippen molar-refractivity contribution in [2.24, 2.45) is 5.73 Å². The Bertz CT molecular complexity index is 674. The lowest BCUT2D eigenvalue weighted by atomic mass is 10.1. The Kier molecular flexibility index (Phi) is 5.61. The molecule has 2 rings (SSSR count). The summed E-state index contributed by atoms with van der Waals surface area (Å²) in [5, 5.41) is 0. The summed E-state index contributed by atoms with van der Waals surface area (Å²) in [5.74, 6) is -0.377. The lowest BCUT2D eigenvalue weighted by Gasteiger charge is -2.34. The molecule has 0 aliphatic carbocycles. The van der Waals surface area contributed by atoms with Crippen molar-refractivity contribution in [2.45, 2.75) is 30.2 Å². The fourth-order valence-electron chi connectivity index (χ4n) is 2.78. The molecule has 0 bridgehead atoms. The minimum atomic E-state index is -3.72. The lowest BCUT2D eigenvalue weighted by molar-refractivity contribution is 0.0597. The van der Waals surface area contributed by atoms with Crippen LogP contribution in [0.25, 0.3) is 0 Å². The van der Waals surface area contributed by atoms with Crippen LogP contribution in [-0.2, 0) is 14.8 Å². The van der Waals surface area contributed by atoms with E-state index >= 15 is 0 Å². The molecule has 0 spiro atoms. The van der Waals surface area contributed by atoms with Crippen LogP contribution >= 0.6 is 0 Å². The van der Waals surface area contributed by atoms with E-state index in [1.165, 1.54) is 36.7 Å². The van der Waals surface area contributed by atoms with E-state index in [0.717, 1.165) is 19.3 Å². The highest BCUT2D eigenvalue weighted by Crippen LogP contribution is 2.28. The first kappa shape index (κ1) is 17.7. The Morgan fingerprint density at radius 2 is 2.09 bits per heavy atom. The summed E-state index contributed by atoms with van der Waals surface area (Å²) in [6.45, 7) is 0.711. The smallest absolute Gasteiger partial charge is 0.341 e. The standard InChI is InChI=1S/C15H22N2O5S/c1-21-14-7-6-12(9-13(14)15(18)22-2)23(19,20)17-8-4-3-5-11(17)10-16/h6-7,9,11H,3-5,8,10,16H2,1-2H3. The van der Waals surface area contributed by atoms with Crippen molar-refractivity contribution in [1.82, 2.24) is 4.31 Å². The van der Waals surface area contributed by atoms with E-state index in [0.29, 0.717) is 6.54 Å². The van der Waals surface area contributed by atoms with Crippen LogP contribution in [0.1, 0.15) is 29.6 Å². The zero-order valence-corrected chi connectivity index (χ0v) is 14.1. The predicted molar refractivity (Wildman–Crippen MR) is 84.9 cm³/mol. The molecule has 128 valence electrons. The summed E-state index contributed by atoms with van der Waals surface area (Å²) in [4.78, 5) is 11.9. The lowest BCUT2D eigenvalue weighted by Crippen LogP contribution is -2.47. The highest BCUT2D eigenvalue weighted by Gasteiger charge is 2.33. The number of hydrogen-bond donors (Lipinski definition) is 1. The van der Waals surface area contributed by atoms with Gasteiger partial charge in [-0.2, -0.15) is 4.31 Å². The summed E-state index contributed by atoms with van der Waals surface area (Å²) in [5.41, 5.74) is 5.79. The molecule has 1 aromatic rings. The maximum atomic E-state index is 12.9. The third-order valence-corrected chi connectivity index (χ3v) is 5.98. The van der Waals surface area contributed by atoms with Gasteiger partial charge < -0.3 is 15.2 Å². The Labute approximate surface area is 136 Å². The zero-order chi connectivity index (χ0) is 17.0. The summed E-state index contributed by atoms with van der Waals surface area (Å²) in [6.07, 6.45) is 2.51. The summed E-state index contributed by atoms with van der Waals surface area (Å²) in [7, 11) is -1.08. The van der Waals surface area contributed by atoms with Crippen molar-refractivity contribution in [2.75, 3.05) is 27.3 Å². The Balaban J connectivity index is 2.45. The Morgan fingerprint density at radius 3 is 2.70 bits per heavy atom. The fraction of sp³-hybridized carbons (Fsp3) is 0.533. The Hall–Kier alpha value is -1.64. The number of piperidine rings is 1. The molecule has 8 heteroatoms. The normalized spacial score (nSPS) is 19.3. The molecular weight excluding hydrogens is 320 g/mol. The maximum absolute atomic E-state index is 12.9. The van der Waals surface area contributed by atoms with E-state index in [9.17, 15) is 13.2 Å². The van der Waals surface area contributed by atoms with Gasteiger partial charge in [0.05, 0.1) is 19.1 Å². The van der Waals surface area contributed by atoms with Gasteiger partial charge in [0.1, 0.15) is 11.3 Å². The molecule has 1 atom stereocenters. The molecule has 1 fully saturated rings. The van der Waals surface area contributed by atoms with Crippen molar-refractivity contribution in [3.05, 3.63) is 23.8 Å². The van der Waals surface area contributed by atoms with Gasteiger partial charge >= 0.3 is 5.97 Å². The molecule has 0 radical (unpaired) electrons. The fourth-order valence-corrected chi connectivity index (χ4v) is 4.51. The minimum Gasteiger partial charge on any atom is -0.496 e. The van der Waals surface area contributed by atoms with Gasteiger partial charge in [-0.05, 0) is 31.0 Å². The quantitative estimate of drug-likeness (QED) is 0.801. The molecule has 23 heavy (non-hydrogen) atoms. The van der Waals surface area contributed by atoms with Crippen molar-refractivity contribution in [1.29, 1.82) is 0 Å². The topological polar surface area (TPSA) is 98.9 Å². The summed E-state index contributed by atoms with van der Waals surface area (Å²) >= 11 is 0. The number of hydrogen-bond acceptors (Lipinski definition) is 6. The van der Waals surface area contributed by atoms with Crippen LogP contribution in [0.5, 0.6) is 5.75 Å². The first-order chi connectivity index (χ1) is 11.0. The van der Waals surface area contributed by atoms with Crippen molar-refractivity contribution < 1.29 is 22.7 Å². The van der Waals surface area contributed by atoms with Gasteiger partial charge in [0.15, 0.2) is 0 Å². The number of benzene rings is 1. The average Bonchev–Trinajstić information content (AvgIpc) is 2.60. The molecule has 1 heterocycles. The van der Waals surface area contributed by atoms with E-state index in [2.05, 4.69) is 4.74 Å². The van der Waals surface area contributed by atoms with Crippen LogP contribution in [0, 0.1) is 0 Å². The number of nitrogens with zero attached hydrogens (tertiary/aromatic N) is 1. The van der Waals surface area contributed by atoms with E-state index < -0.39 is 16.0 Å². The highest BCUT2D eigenvalue weighted by molar-refractivity contribution is 7.89. The maximum Gasteiger partial charge on any atom is 0.341 e. The van der Waals surface area contributed by atoms with Crippen LogP contribution in [0.3, 0.4) is 0 Å². The van der Waals surface area contributed by atoms with Crippen LogP contribution in [-0.4, -0.2) is 52.0 Å². The van der Waals surface area contributed by atoms with Crippen LogP contribution < -0.4 is 10.5 Å². The second-order valence-corrected chi connectivity index (χ2v) is 7.25. The predicted octanol–water partition coefficient (Wildman–Crippen LogP) is 0.984. The van der Waals surface area contributed by atoms with Crippen LogP contribution in [0.4, 0.5) is 0 Å². The highest BCUT2D eigenvalue weighted by atomic mass is 32.2. The van der Waals surface area contributed by atoms with E-state index in [1.807, 2.05) is 0 Å². The molecule has 1 aliphatic rings. The van der Waals surface area contributed by atoms with Gasteiger partial charge in [-0.3, -0.25) is 0 Å². The molecule has 0 amide bonds. The first-order valence-corrected chi connectivity index (χ1v) is 8.88. The monoisotopic (exact) mass is 342 g/mol. The van der Waals surface area contributed by atoms with Gasteiger partial charge in [-0.25, -0.2) is 13.2 Å². The van der Waals surface area contributed by atoms with Crippen molar-refractivity contribution in [3.8, 4) is 5.75 Å². The number of rotatable bonds is 5. The second kappa shape index (κ2) is 7.29. The van der Waals surface area contributed by atoms with Gasteiger partial charge in [-0.15, -0.1) is 0 Å². The number of methoxy groups -OCH3 is 2. The number of carbonyl (C=O) groups excluding carboxylic acids is 1. The molecule has 1 saturated heterocycles. The van der Waals surface area contributed by atoms with Crippen molar-refractivity contribution in [3.63, 3.8) is 0 Å². The van der Waals surface area contributed by atoms with E-state index in [-0.39, 0.29) is 28.8 Å². The summed E-state index contributed by atoms with van der Waals surface area (Å²) < 4.78 is 37.0. The molecule has 1 aliphatic heterocycles. The van der Waals surface area contributed by atoms with Crippen LogP contribution in [0.15, 0.2) is 23.1 Å². The average molecular weight is 342 g/mol. The molecule has 0 aromatic heterocycles. The van der Waals surface area contributed by atoms with E-state index in [1.54, 1.807) is 0 Å². The minimum absolute atomic E-state index is 0.0408. The number of carbonyl (C=O) groups is 1. The SMILES string of the molecule is COC(=O)c1cc(S(=O)(=O)N2CCCCC2CN)ccc1OC. The number of nitrogens with two attached hydrogens (primary N) is 1. The summed E-state index contributed by atoms with van der Waals surface area (Å²) in [6, 6.07) is 3.98. The first-order valence-electron chi connectivity index (χ1n) is 7.44. The zero-order valence-electron chi connectivity index (χ0n) is 13.3. The van der Waals surface area contributed by atoms with Gasteiger partial charge in [0.25, 0.3) is 0 Å². The van der Waals surface area contributed by atoms with Gasteiger partial charge in [-0.1, -0.05) is 6.42 Å². The van der Waals surface area contributed by atoms with Gasteiger partial charge in [0, 0.05) is 19.1 Å². The largest absolute Gasteiger partial charge is 0.496 e.